The Bertz CT molecular complexity index is 2070. The molecule has 4 N–H and O–H groups in total. The van der Waals surface area contributed by atoms with Gasteiger partial charge in [-0.05, 0) is 65.8 Å². The first kappa shape index (κ1) is 47.9. The summed E-state index contributed by atoms with van der Waals surface area (Å²) in [4.78, 5) is 99.0. The number of nitrogens with one attached hydrogen (secondary N) is 2. The molecule has 3 aliphatic heterocycles. The molecule has 3 heterocycles. The minimum atomic E-state index is -3.00. The second kappa shape index (κ2) is 18.3. The van der Waals surface area contributed by atoms with Gasteiger partial charge in [0.25, 0.3) is 0 Å². The van der Waals surface area contributed by atoms with Crippen LogP contribution in [0.3, 0.4) is 0 Å². The number of rotatable bonds is 11. The summed E-state index contributed by atoms with van der Waals surface area (Å²) in [6, 6.07) is 14.9. The maximum atomic E-state index is 14.1. The van der Waals surface area contributed by atoms with Crippen molar-refractivity contribution in [1.82, 2.24) is 10.6 Å². The van der Waals surface area contributed by atoms with Gasteiger partial charge in [-0.15, -0.1) is 0 Å². The largest absolute Gasteiger partial charge is 0.458 e. The van der Waals surface area contributed by atoms with Crippen LogP contribution in [0.25, 0.3) is 0 Å². The van der Waals surface area contributed by atoms with E-state index in [1.165, 1.54) is 77.9 Å². The summed E-state index contributed by atoms with van der Waals surface area (Å²) in [6.45, 7) is 9.88. The number of nitrogens with zero attached hydrogens (tertiary/aromatic N) is 1. The van der Waals surface area contributed by atoms with Crippen molar-refractivity contribution in [3.63, 3.8) is 0 Å². The molecule has 0 spiro atoms. The molecule has 4 fully saturated rings. The number of hydrogen-bond acceptors (Lipinski definition) is 19. The molecule has 0 unspecified atom stereocenters. The molecule has 1 aliphatic carbocycles. The third-order valence-corrected chi connectivity index (χ3v) is 9.62. The zero-order valence-electron chi connectivity index (χ0n) is 36.0. The van der Waals surface area contributed by atoms with Crippen LogP contribution in [0, 0.1) is 5.92 Å². The molecule has 2 amide bonds. The van der Waals surface area contributed by atoms with Gasteiger partial charge < -0.3 is 52.8 Å². The Morgan fingerprint density at radius 3 is 1.67 bits per heavy atom. The third kappa shape index (κ3) is 10.4. The lowest BCUT2D eigenvalue weighted by atomic mass is 9.54. The van der Waals surface area contributed by atoms with Gasteiger partial charge in [0, 0.05) is 20.8 Å². The van der Waals surface area contributed by atoms with Crippen LogP contribution < -0.4 is 10.6 Å². The summed E-state index contributed by atoms with van der Waals surface area (Å²) >= 11 is 0. The molecule has 9 atom stereocenters. The van der Waals surface area contributed by atoms with Crippen LogP contribution >= 0.6 is 0 Å². The molecule has 21 heteroatoms. The fraction of sp³-hybridized carbons (Fsp3) is 0.524. The summed E-state index contributed by atoms with van der Waals surface area (Å²) in [5, 5.41) is 27.4. The van der Waals surface area contributed by atoms with Crippen molar-refractivity contribution >= 4 is 48.0 Å². The van der Waals surface area contributed by atoms with Crippen molar-refractivity contribution in [3.05, 3.63) is 71.8 Å². The van der Waals surface area contributed by atoms with Crippen LogP contribution in [-0.2, 0) is 57.0 Å². The Morgan fingerprint density at radius 2 is 1.21 bits per heavy atom. The van der Waals surface area contributed by atoms with Crippen molar-refractivity contribution in [2.24, 2.45) is 10.9 Å². The molecule has 1 saturated carbocycles. The Balaban J connectivity index is 1.88. The van der Waals surface area contributed by atoms with Crippen molar-refractivity contribution < 1.29 is 86.4 Å². The number of guanidine groups is 1. The lowest BCUT2D eigenvalue weighted by molar-refractivity contribution is -0.540. The van der Waals surface area contributed by atoms with Crippen LogP contribution in [0.5, 0.6) is 0 Å². The number of aliphatic imine (C=N–C) groups is 1. The van der Waals surface area contributed by atoms with Gasteiger partial charge in [0.15, 0.2) is 11.6 Å². The predicted molar refractivity (Wildman–Crippen MR) is 212 cm³/mol. The van der Waals surface area contributed by atoms with E-state index in [1.807, 2.05) is 0 Å². The second-order valence-electron chi connectivity index (χ2n) is 16.8. The normalized spacial score (nSPS) is 27.4. The van der Waals surface area contributed by atoms with E-state index in [1.54, 1.807) is 24.3 Å². The van der Waals surface area contributed by atoms with Gasteiger partial charge in [-0.1, -0.05) is 36.4 Å². The van der Waals surface area contributed by atoms with E-state index in [2.05, 4.69) is 10.6 Å². The fourth-order valence-electron chi connectivity index (χ4n) is 7.69. The summed E-state index contributed by atoms with van der Waals surface area (Å²) in [5.41, 5.74) is -7.57. The molecule has 3 saturated heterocycles. The van der Waals surface area contributed by atoms with E-state index in [0.717, 1.165) is 20.8 Å². The molecule has 2 aromatic rings. The Labute approximate surface area is 361 Å². The smallest absolute Gasteiger partial charge is 0.414 e. The topological polar surface area (TPSA) is 279 Å². The lowest BCUT2D eigenvalue weighted by Gasteiger charge is -2.70. The maximum Gasteiger partial charge on any atom is 0.414 e. The van der Waals surface area contributed by atoms with Crippen molar-refractivity contribution in [1.29, 1.82) is 0 Å². The van der Waals surface area contributed by atoms with Gasteiger partial charge >= 0.3 is 48.0 Å². The molecule has 4 aliphatic rings. The SMILES string of the molecule is CC(=O)O[C@@H]1[C@@H]2O[C@@]3(OC(=O)c4ccccc4)O[C@H]([C@@H]([C@H](O)CO)[C@]1(N=C(NC(=O)OC(C)(C)C)NC(=O)OC(C)(C)C)[C@@H]3OC(C)=O)[C@]2(COC(=O)c1ccccc1)OC(C)=O. The fourth-order valence-corrected chi connectivity index (χ4v) is 7.69. The minimum Gasteiger partial charge on any atom is -0.458 e. The van der Waals surface area contributed by atoms with Crippen LogP contribution in [0.15, 0.2) is 65.7 Å². The average molecular weight is 886 g/mol. The van der Waals surface area contributed by atoms with Crippen LogP contribution in [0.2, 0.25) is 0 Å². The monoisotopic (exact) mass is 885 g/mol. The molecule has 21 nitrogen and oxygen atoms in total. The number of alkyl carbamates (subject to hydrolysis) is 2. The highest BCUT2D eigenvalue weighted by Gasteiger charge is 2.88. The number of hydrogen-bond donors (Lipinski definition) is 4. The first-order valence-corrected chi connectivity index (χ1v) is 19.7. The molecule has 2 aromatic carbocycles. The minimum absolute atomic E-state index is 0.0416. The van der Waals surface area contributed by atoms with E-state index in [-0.39, 0.29) is 11.1 Å². The Hall–Kier alpha value is -6.16. The Kier molecular flexibility index (Phi) is 13.9. The molecule has 4 bridgehead atoms. The lowest BCUT2D eigenvalue weighted by Crippen LogP contribution is -2.93. The molecule has 0 radical (unpaired) electrons. The van der Waals surface area contributed by atoms with E-state index < -0.39 is 126 Å². The zero-order valence-corrected chi connectivity index (χ0v) is 36.0. The third-order valence-electron chi connectivity index (χ3n) is 9.62. The zero-order chi connectivity index (χ0) is 46.7. The number of aliphatic hydroxyl groups excluding tert-OH is 2. The van der Waals surface area contributed by atoms with Gasteiger partial charge in [0.05, 0.1) is 29.8 Å². The summed E-state index contributed by atoms with van der Waals surface area (Å²) in [6.07, 6.45) is -13.0. The van der Waals surface area contributed by atoms with E-state index in [0.29, 0.717) is 0 Å². The highest BCUT2D eigenvalue weighted by atomic mass is 16.9. The number of carbonyl (C=O) groups excluding carboxylic acids is 7. The quantitative estimate of drug-likeness (QED) is 0.109. The first-order valence-electron chi connectivity index (χ1n) is 19.7. The average Bonchev–Trinajstić information content (AvgIpc) is 3.16. The molecule has 63 heavy (non-hydrogen) atoms. The van der Waals surface area contributed by atoms with Crippen molar-refractivity contribution in [2.75, 3.05) is 13.2 Å². The van der Waals surface area contributed by atoms with Gasteiger partial charge in [-0.2, -0.15) is 0 Å². The highest BCUT2D eigenvalue weighted by Crippen LogP contribution is 2.63. The van der Waals surface area contributed by atoms with Gasteiger partial charge in [-0.3, -0.25) is 25.0 Å². The van der Waals surface area contributed by atoms with Crippen LogP contribution in [0.1, 0.15) is 83.0 Å². The molecule has 6 rings (SSSR count). The number of aliphatic hydroxyl groups is 2. The van der Waals surface area contributed by atoms with Crippen molar-refractivity contribution in [3.8, 4) is 0 Å². The predicted octanol–water partition coefficient (Wildman–Crippen LogP) is 2.44. The number of carbonyl (C=O) groups is 7. The summed E-state index contributed by atoms with van der Waals surface area (Å²) < 4.78 is 53.2. The van der Waals surface area contributed by atoms with Crippen LogP contribution in [0.4, 0.5) is 9.59 Å². The van der Waals surface area contributed by atoms with Crippen molar-refractivity contribution in [2.45, 2.75) is 121 Å². The van der Waals surface area contributed by atoms with E-state index in [4.69, 9.17) is 47.6 Å². The molecule has 342 valence electrons. The van der Waals surface area contributed by atoms with Crippen LogP contribution in [-0.4, -0.2) is 130 Å². The first-order chi connectivity index (χ1) is 29.4. The highest BCUT2D eigenvalue weighted by molar-refractivity contribution is 6.01. The Morgan fingerprint density at radius 1 is 0.714 bits per heavy atom. The standard InChI is InChI=1S/C42H51N3O18/c1-22(47)56-31-30-40(58-24(3)49,21-55-32(51)25-16-12-10-13-17-25)29-28(27(50)20-46)41(31,45-35(43-36(53)62-38(4,5)6)44-37(54)63-39(7,8)9)34(57-23(2)48)42(59-29,60-30)61-33(52)26-18-14-11-15-19-26/h10-19,27-31,34,46,50H,20-21H2,1-9H3,(H2,43,44,45,53,54)/t27-,28-,29-,30+,31-,34+,40+,41-,42+/m1/s1. The number of benzene rings is 2. The number of amides is 2. The van der Waals surface area contributed by atoms with E-state index >= 15 is 0 Å². The summed E-state index contributed by atoms with van der Waals surface area (Å²) in [7, 11) is 0. The van der Waals surface area contributed by atoms with Gasteiger partial charge in [-0.25, -0.2) is 24.2 Å². The summed E-state index contributed by atoms with van der Waals surface area (Å²) in [5.74, 6) is -11.3. The molecular weight excluding hydrogens is 834 g/mol. The maximum absolute atomic E-state index is 14.1. The second-order valence-corrected chi connectivity index (χ2v) is 16.8. The van der Waals surface area contributed by atoms with E-state index in [9.17, 15) is 43.8 Å². The molecule has 0 aromatic heterocycles. The van der Waals surface area contributed by atoms with Gasteiger partial charge in [0.2, 0.25) is 17.7 Å². The number of ether oxygens (including phenoxy) is 9. The number of esters is 5. The molecular formula is C42H51N3O18. The van der Waals surface area contributed by atoms with Gasteiger partial charge in [0.1, 0.15) is 30.0 Å².